The minimum atomic E-state index is -0.390. The smallest absolute Gasteiger partial charge is 0.268 e. The number of anilines is 1. The lowest BCUT2D eigenvalue weighted by Crippen LogP contribution is -2.26. The number of thiophene rings is 1. The Morgan fingerprint density at radius 1 is 1.28 bits per heavy atom. The number of aryl methyl sites for hydroxylation is 2. The summed E-state index contributed by atoms with van der Waals surface area (Å²) in [5.74, 6) is -0.560. The number of para-hydroxylation sites is 1. The highest BCUT2D eigenvalue weighted by Gasteiger charge is 2.19. The number of carbonyl (C=O) groups is 1. The fourth-order valence-electron chi connectivity index (χ4n) is 1.84. The summed E-state index contributed by atoms with van der Waals surface area (Å²) < 4.78 is 13.6. The van der Waals surface area contributed by atoms with Crippen molar-refractivity contribution in [3.05, 3.63) is 51.5 Å². The third kappa shape index (κ3) is 2.29. The van der Waals surface area contributed by atoms with Gasteiger partial charge in [0.15, 0.2) is 0 Å². The van der Waals surface area contributed by atoms with Gasteiger partial charge in [0.1, 0.15) is 5.82 Å². The Hall–Kier alpha value is -1.68. The molecule has 2 aromatic rings. The lowest BCUT2D eigenvalue weighted by molar-refractivity contribution is 0.0995. The molecule has 1 aromatic heterocycles. The monoisotopic (exact) mass is 263 g/mol. The number of carbonyl (C=O) groups excluding carboxylic acids is 1. The average molecular weight is 263 g/mol. The Bertz CT molecular complexity index is 591. The van der Waals surface area contributed by atoms with Crippen molar-refractivity contribution in [1.82, 2.24) is 0 Å². The van der Waals surface area contributed by atoms with Gasteiger partial charge in [-0.05, 0) is 37.6 Å². The van der Waals surface area contributed by atoms with Gasteiger partial charge in [0.05, 0.1) is 10.6 Å². The molecule has 0 aliphatic heterocycles. The van der Waals surface area contributed by atoms with E-state index in [2.05, 4.69) is 0 Å². The highest BCUT2D eigenvalue weighted by Crippen LogP contribution is 2.25. The molecule has 1 heterocycles. The van der Waals surface area contributed by atoms with Crippen molar-refractivity contribution in [2.45, 2.75) is 13.8 Å². The molecule has 0 unspecified atom stereocenters. The second-order valence-corrected chi connectivity index (χ2v) is 5.44. The highest BCUT2D eigenvalue weighted by molar-refractivity contribution is 7.14. The van der Waals surface area contributed by atoms with Gasteiger partial charge in [0.2, 0.25) is 0 Å². The van der Waals surface area contributed by atoms with Crippen LogP contribution >= 0.6 is 11.3 Å². The molecular formula is C14H14FNOS. The van der Waals surface area contributed by atoms with E-state index in [1.54, 1.807) is 25.2 Å². The van der Waals surface area contributed by atoms with Gasteiger partial charge in [-0.3, -0.25) is 4.79 Å². The lowest BCUT2D eigenvalue weighted by atomic mass is 10.2. The first-order chi connectivity index (χ1) is 8.50. The molecule has 2 rings (SSSR count). The predicted octanol–water partition coefficient (Wildman–Crippen LogP) is 3.78. The normalized spacial score (nSPS) is 10.4. The number of halogens is 1. The number of amides is 1. The Morgan fingerprint density at radius 2 is 1.94 bits per heavy atom. The summed E-state index contributed by atoms with van der Waals surface area (Å²) in [4.78, 5) is 15.4. The molecule has 2 nitrogen and oxygen atoms in total. The molecule has 0 fully saturated rings. The van der Waals surface area contributed by atoms with Gasteiger partial charge in [-0.15, -0.1) is 11.3 Å². The summed E-state index contributed by atoms with van der Waals surface area (Å²) in [6.45, 7) is 3.85. The number of benzene rings is 1. The molecule has 0 radical (unpaired) electrons. The predicted molar refractivity (Wildman–Crippen MR) is 72.9 cm³/mol. The van der Waals surface area contributed by atoms with Crippen molar-refractivity contribution < 1.29 is 9.18 Å². The fourth-order valence-corrected chi connectivity index (χ4v) is 2.84. The van der Waals surface area contributed by atoms with Gasteiger partial charge in [0.25, 0.3) is 5.91 Å². The molecule has 1 amide bonds. The number of hydrogen-bond donors (Lipinski definition) is 0. The standard InChI is InChI=1S/C14H14FNOS/c1-9-8-10(2)18-13(9)14(17)16(3)12-7-5-4-6-11(12)15/h4-8H,1-3H3. The Kier molecular flexibility index (Phi) is 3.48. The molecule has 0 spiro atoms. The van der Waals surface area contributed by atoms with Gasteiger partial charge >= 0.3 is 0 Å². The maximum atomic E-state index is 13.6. The molecule has 18 heavy (non-hydrogen) atoms. The zero-order valence-corrected chi connectivity index (χ0v) is 11.3. The number of hydrogen-bond acceptors (Lipinski definition) is 2. The van der Waals surface area contributed by atoms with Crippen LogP contribution in [0.3, 0.4) is 0 Å². The van der Waals surface area contributed by atoms with Crippen LogP contribution in [-0.4, -0.2) is 13.0 Å². The van der Waals surface area contributed by atoms with Crippen LogP contribution in [0.5, 0.6) is 0 Å². The molecule has 0 saturated heterocycles. The third-order valence-electron chi connectivity index (χ3n) is 2.75. The van der Waals surface area contributed by atoms with Gasteiger partial charge in [-0.2, -0.15) is 0 Å². The molecular weight excluding hydrogens is 249 g/mol. The first-order valence-corrected chi connectivity index (χ1v) is 6.42. The zero-order valence-electron chi connectivity index (χ0n) is 10.5. The van der Waals surface area contributed by atoms with E-state index in [4.69, 9.17) is 0 Å². The van der Waals surface area contributed by atoms with E-state index in [1.165, 1.54) is 22.3 Å². The largest absolute Gasteiger partial charge is 0.308 e. The molecule has 0 saturated carbocycles. The summed E-state index contributed by atoms with van der Waals surface area (Å²) in [5, 5.41) is 0. The summed E-state index contributed by atoms with van der Waals surface area (Å²) in [7, 11) is 1.59. The average Bonchev–Trinajstić information content (AvgIpc) is 2.67. The van der Waals surface area contributed by atoms with Crippen LogP contribution in [0.2, 0.25) is 0 Å². The Balaban J connectivity index is 2.35. The summed E-state index contributed by atoms with van der Waals surface area (Å²) >= 11 is 1.44. The Morgan fingerprint density at radius 3 is 2.50 bits per heavy atom. The molecule has 0 bridgehead atoms. The van der Waals surface area contributed by atoms with E-state index in [0.717, 1.165) is 10.4 Å². The van der Waals surface area contributed by atoms with Crippen LogP contribution in [0, 0.1) is 19.7 Å². The van der Waals surface area contributed by atoms with E-state index in [-0.39, 0.29) is 11.7 Å². The van der Waals surface area contributed by atoms with E-state index in [1.807, 2.05) is 19.9 Å². The van der Waals surface area contributed by atoms with E-state index in [9.17, 15) is 9.18 Å². The minimum absolute atomic E-state index is 0.171. The SMILES string of the molecule is Cc1cc(C)c(C(=O)N(C)c2ccccc2F)s1. The van der Waals surface area contributed by atoms with Gasteiger partial charge in [-0.1, -0.05) is 12.1 Å². The second kappa shape index (κ2) is 4.90. The van der Waals surface area contributed by atoms with Crippen molar-refractivity contribution in [3.63, 3.8) is 0 Å². The number of nitrogens with zero attached hydrogens (tertiary/aromatic N) is 1. The molecule has 0 atom stereocenters. The topological polar surface area (TPSA) is 20.3 Å². The van der Waals surface area contributed by atoms with Crippen molar-refractivity contribution >= 4 is 22.9 Å². The van der Waals surface area contributed by atoms with Crippen molar-refractivity contribution in [1.29, 1.82) is 0 Å². The molecule has 4 heteroatoms. The second-order valence-electron chi connectivity index (χ2n) is 4.18. The van der Waals surface area contributed by atoms with Crippen LogP contribution in [0.15, 0.2) is 30.3 Å². The summed E-state index contributed by atoms with van der Waals surface area (Å²) in [6, 6.07) is 8.24. The first kappa shape index (κ1) is 12.8. The van der Waals surface area contributed by atoms with Crippen LogP contribution in [0.4, 0.5) is 10.1 Å². The van der Waals surface area contributed by atoms with Gasteiger partial charge < -0.3 is 4.90 Å². The van der Waals surface area contributed by atoms with Crippen molar-refractivity contribution in [2.75, 3.05) is 11.9 Å². The zero-order chi connectivity index (χ0) is 13.3. The minimum Gasteiger partial charge on any atom is -0.308 e. The van der Waals surface area contributed by atoms with Crippen LogP contribution in [0.25, 0.3) is 0 Å². The molecule has 0 aliphatic carbocycles. The van der Waals surface area contributed by atoms with E-state index >= 15 is 0 Å². The molecule has 94 valence electrons. The molecule has 1 aromatic carbocycles. The maximum Gasteiger partial charge on any atom is 0.268 e. The van der Waals surface area contributed by atoms with Crippen molar-refractivity contribution in [2.24, 2.45) is 0 Å². The third-order valence-corrected chi connectivity index (χ3v) is 3.89. The number of rotatable bonds is 2. The highest BCUT2D eigenvalue weighted by atomic mass is 32.1. The van der Waals surface area contributed by atoms with E-state index in [0.29, 0.717) is 10.6 Å². The van der Waals surface area contributed by atoms with E-state index < -0.39 is 0 Å². The first-order valence-electron chi connectivity index (χ1n) is 5.60. The molecule has 0 aliphatic rings. The maximum absolute atomic E-state index is 13.6. The fraction of sp³-hybridized carbons (Fsp3) is 0.214. The van der Waals surface area contributed by atoms with Crippen LogP contribution in [-0.2, 0) is 0 Å². The van der Waals surface area contributed by atoms with Crippen LogP contribution in [0.1, 0.15) is 20.1 Å². The van der Waals surface area contributed by atoms with Gasteiger partial charge in [0, 0.05) is 11.9 Å². The van der Waals surface area contributed by atoms with Crippen LogP contribution < -0.4 is 4.90 Å². The lowest BCUT2D eigenvalue weighted by Gasteiger charge is -2.17. The quantitative estimate of drug-likeness (QED) is 0.807. The van der Waals surface area contributed by atoms with Crippen molar-refractivity contribution in [3.8, 4) is 0 Å². The Labute approximate surface area is 110 Å². The van der Waals surface area contributed by atoms with Gasteiger partial charge in [-0.25, -0.2) is 4.39 Å². The molecule has 0 N–H and O–H groups in total. The summed E-state index contributed by atoms with van der Waals surface area (Å²) in [5.41, 5.74) is 1.23. The summed E-state index contributed by atoms with van der Waals surface area (Å²) in [6.07, 6.45) is 0.